The highest BCUT2D eigenvalue weighted by atomic mass is 127. The molecule has 0 spiro atoms. The molecule has 0 saturated heterocycles. The number of nitrogens with zero attached hydrogens (tertiary/aromatic N) is 4. The molecule has 4 rings (SSSR count). The van der Waals surface area contributed by atoms with Crippen LogP contribution >= 0.6 is 22.6 Å². The molecule has 3 aromatic carbocycles. The van der Waals surface area contributed by atoms with Gasteiger partial charge in [0.05, 0.1) is 11.6 Å². The first-order valence-electron chi connectivity index (χ1n) is 14.6. The quantitative estimate of drug-likeness (QED) is 0.144. The topological polar surface area (TPSA) is 45.5 Å². The van der Waals surface area contributed by atoms with E-state index in [0.717, 1.165) is 44.0 Å². The summed E-state index contributed by atoms with van der Waals surface area (Å²) < 4.78 is 45.2. The minimum absolute atomic E-state index is 0. The van der Waals surface area contributed by atoms with Gasteiger partial charge >= 0.3 is 6.18 Å². The molecule has 0 aliphatic heterocycles. The van der Waals surface area contributed by atoms with Crippen LogP contribution in [0, 0.1) is 15.0 Å². The van der Waals surface area contributed by atoms with Crippen molar-refractivity contribution < 1.29 is 41.8 Å². The summed E-state index contributed by atoms with van der Waals surface area (Å²) >= 11 is 2.32. The van der Waals surface area contributed by atoms with Gasteiger partial charge in [0.1, 0.15) is 5.21 Å². The number of hydrogen-bond acceptors (Lipinski definition) is 2. The van der Waals surface area contributed by atoms with E-state index in [9.17, 15) is 13.2 Å². The Kier molecular flexibility index (Phi) is 13.5. The van der Waals surface area contributed by atoms with Gasteiger partial charge in [0.15, 0.2) is 11.4 Å². The average Bonchev–Trinajstić information content (AvgIpc) is 3.28. The Morgan fingerprint density at radius 3 is 1.50 bits per heavy atom. The molecule has 0 radical (unpaired) electrons. The normalized spacial score (nSPS) is 11.5. The summed E-state index contributed by atoms with van der Waals surface area (Å²) in [5, 5.41) is 12.6. The number of nitriles is 1. The lowest BCUT2D eigenvalue weighted by molar-refractivity contribution is -0.651. The smallest absolute Gasteiger partial charge is 0.416 e. The molecule has 0 unspecified atom stereocenters. The molecule has 0 bridgehead atoms. The molecule has 0 N–H and O–H groups in total. The highest BCUT2D eigenvalue weighted by Gasteiger charge is 2.35. The number of para-hydroxylation sites is 2. The third kappa shape index (κ3) is 8.03. The zero-order valence-electron chi connectivity index (χ0n) is 26.8. The van der Waals surface area contributed by atoms with Crippen molar-refractivity contribution in [3.8, 4) is 28.7 Å². The fourth-order valence-corrected chi connectivity index (χ4v) is 6.11. The van der Waals surface area contributed by atoms with E-state index in [2.05, 4.69) is 114 Å². The second-order valence-electron chi connectivity index (χ2n) is 11.8. The highest BCUT2D eigenvalue weighted by Crippen LogP contribution is 2.37. The number of rotatable bonds is 7. The van der Waals surface area contributed by atoms with Crippen molar-refractivity contribution in [3.63, 3.8) is 0 Å². The van der Waals surface area contributed by atoms with Gasteiger partial charge in [-0.3, -0.25) is 0 Å². The first-order chi connectivity index (χ1) is 20.1. The first kappa shape index (κ1) is 37.7. The summed E-state index contributed by atoms with van der Waals surface area (Å²) in [4.78, 5) is 0. The van der Waals surface area contributed by atoms with E-state index in [-0.39, 0.29) is 47.6 Å². The van der Waals surface area contributed by atoms with Gasteiger partial charge in [0, 0.05) is 57.3 Å². The maximum atomic E-state index is 13.5. The fraction of sp³-hybridized carbons (Fsp3) is 0.400. The molecule has 0 aliphatic carbocycles. The molecule has 44 heavy (non-hydrogen) atoms. The van der Waals surface area contributed by atoms with Crippen LogP contribution in [0.3, 0.4) is 0 Å². The predicted octanol–water partition coefficient (Wildman–Crippen LogP) is 7.47. The third-order valence-corrected chi connectivity index (χ3v) is 8.33. The number of alkyl halides is 3. The highest BCUT2D eigenvalue weighted by molar-refractivity contribution is 14.1. The standard InChI is InChI=1S/C33H38F3IN3.C2H3N.HI/c1-19(2)25-11-9-12-26(20(3)4)30(25)39-29(23-15-17-24(18-16-23)33(34,35)36)32(37)40(38-39)31-27(21(5)6)13-10-14-28(31)22(7)8;1-2-3;/h9-22H,1-8H3;1H3;1H/q+1;;/p-1. The summed E-state index contributed by atoms with van der Waals surface area (Å²) in [6.07, 6.45) is -4.40. The van der Waals surface area contributed by atoms with Crippen LogP contribution in [0.2, 0.25) is 0 Å². The molecule has 1 aromatic heterocycles. The summed E-state index contributed by atoms with van der Waals surface area (Å²) in [7, 11) is 0. The Labute approximate surface area is 290 Å². The largest absolute Gasteiger partial charge is 1.00 e. The summed E-state index contributed by atoms with van der Waals surface area (Å²) in [5.74, 6) is 0.953. The summed E-state index contributed by atoms with van der Waals surface area (Å²) in [5.41, 5.74) is 7.48. The maximum Gasteiger partial charge on any atom is 0.416 e. The molecular weight excluding hydrogens is 787 g/mol. The number of benzene rings is 3. The van der Waals surface area contributed by atoms with Crippen LogP contribution in [0.15, 0.2) is 60.7 Å². The van der Waals surface area contributed by atoms with Gasteiger partial charge in [-0.25, -0.2) is 0 Å². The second kappa shape index (κ2) is 15.7. The van der Waals surface area contributed by atoms with E-state index in [4.69, 9.17) is 10.5 Å². The number of hydrogen-bond donors (Lipinski definition) is 0. The van der Waals surface area contributed by atoms with Crippen molar-refractivity contribution in [2.45, 2.75) is 92.2 Å². The molecule has 236 valence electrons. The maximum absolute atomic E-state index is 13.5. The Hall–Kier alpha value is -2.46. The Bertz CT molecular complexity index is 1540. The average molecular weight is 829 g/mol. The third-order valence-electron chi connectivity index (χ3n) is 7.37. The van der Waals surface area contributed by atoms with Crippen molar-refractivity contribution in [3.05, 3.63) is 92.2 Å². The first-order valence-corrected chi connectivity index (χ1v) is 15.7. The minimum Gasteiger partial charge on any atom is -1.00 e. The van der Waals surface area contributed by atoms with Gasteiger partial charge in [-0.1, -0.05) is 101 Å². The van der Waals surface area contributed by atoms with E-state index in [1.165, 1.54) is 18.1 Å². The monoisotopic (exact) mass is 828 g/mol. The van der Waals surface area contributed by atoms with E-state index in [1.54, 1.807) is 18.2 Å². The lowest BCUT2D eigenvalue weighted by Gasteiger charge is -2.16. The van der Waals surface area contributed by atoms with Crippen LogP contribution in [-0.4, -0.2) is 9.90 Å². The molecule has 0 fully saturated rings. The van der Waals surface area contributed by atoms with E-state index in [1.807, 2.05) is 9.36 Å². The van der Waals surface area contributed by atoms with Crippen LogP contribution < -0.4 is 28.7 Å². The van der Waals surface area contributed by atoms with Crippen LogP contribution in [0.5, 0.6) is 0 Å². The molecule has 0 saturated carbocycles. The Balaban J connectivity index is 0.00000162. The van der Waals surface area contributed by atoms with Crippen molar-refractivity contribution in [1.82, 2.24) is 9.90 Å². The van der Waals surface area contributed by atoms with Crippen LogP contribution in [-0.2, 0) is 6.18 Å². The van der Waals surface area contributed by atoms with E-state index in [0.29, 0.717) is 5.56 Å². The Morgan fingerprint density at radius 2 is 1.14 bits per heavy atom. The molecule has 9 heteroatoms. The van der Waals surface area contributed by atoms with Gasteiger partial charge in [-0.05, 0) is 47.9 Å². The van der Waals surface area contributed by atoms with Crippen molar-refractivity contribution in [2.75, 3.05) is 0 Å². The lowest BCUT2D eigenvalue weighted by Crippen LogP contribution is -3.00. The molecule has 0 aliphatic rings. The molecule has 4 nitrogen and oxygen atoms in total. The van der Waals surface area contributed by atoms with Gasteiger partial charge in [0.2, 0.25) is 9.39 Å². The number of aromatic nitrogens is 3. The fourth-order valence-electron chi connectivity index (χ4n) is 5.23. The molecule has 1 heterocycles. The van der Waals surface area contributed by atoms with Gasteiger partial charge < -0.3 is 24.0 Å². The Morgan fingerprint density at radius 1 is 0.750 bits per heavy atom. The van der Waals surface area contributed by atoms with Crippen molar-refractivity contribution >= 4 is 22.6 Å². The molecule has 0 amide bonds. The SMILES string of the molecule is CC#N.CC(C)c1cccc(C(C)C)c1-n1n[n+](-c2c(C(C)C)cccc2C(C)C)c(-c2ccc(C(F)(F)F)cc2)c1I.[I-]. The van der Waals surface area contributed by atoms with Crippen molar-refractivity contribution in [1.29, 1.82) is 5.26 Å². The van der Waals surface area contributed by atoms with Crippen LogP contribution in [0.25, 0.3) is 22.6 Å². The van der Waals surface area contributed by atoms with Gasteiger partial charge in [-0.2, -0.15) is 18.4 Å². The molecular formula is C35H41F3I2N4. The summed E-state index contributed by atoms with van der Waals surface area (Å²) in [6, 6.07) is 19.9. The summed E-state index contributed by atoms with van der Waals surface area (Å²) in [6.45, 7) is 18.8. The molecule has 0 atom stereocenters. The molecule has 4 aromatic rings. The van der Waals surface area contributed by atoms with E-state index >= 15 is 0 Å². The van der Waals surface area contributed by atoms with Crippen LogP contribution in [0.4, 0.5) is 13.2 Å². The second-order valence-corrected chi connectivity index (χ2v) is 12.9. The predicted molar refractivity (Wildman–Crippen MR) is 176 cm³/mol. The lowest BCUT2D eigenvalue weighted by atomic mass is 9.92. The van der Waals surface area contributed by atoms with Crippen molar-refractivity contribution in [2.24, 2.45) is 0 Å². The van der Waals surface area contributed by atoms with Gasteiger partial charge in [-0.15, -0.1) is 0 Å². The van der Waals surface area contributed by atoms with Gasteiger partial charge in [0.25, 0.3) is 0 Å². The van der Waals surface area contributed by atoms with Crippen LogP contribution in [0.1, 0.15) is 114 Å². The minimum atomic E-state index is -4.40. The zero-order chi connectivity index (χ0) is 32.2. The van der Waals surface area contributed by atoms with E-state index < -0.39 is 11.7 Å². The number of halogens is 5. The zero-order valence-corrected chi connectivity index (χ0v) is 31.1.